The first-order valence-electron chi connectivity index (χ1n) is 9.03. The molecule has 0 radical (unpaired) electrons. The van der Waals surface area contributed by atoms with Gasteiger partial charge in [-0.05, 0) is 55.5 Å². The van der Waals surface area contributed by atoms with Crippen LogP contribution in [-0.2, 0) is 11.4 Å². The molecular weight excluding hydrogens is 470 g/mol. The Kier molecular flexibility index (Phi) is 7.75. The van der Waals surface area contributed by atoms with Crippen LogP contribution in [0.1, 0.15) is 12.5 Å². The average Bonchev–Trinajstić information content (AvgIpc) is 2.75. The van der Waals surface area contributed by atoms with Gasteiger partial charge in [-0.1, -0.05) is 29.3 Å². The molecule has 3 rings (SSSR count). The number of thioether (sulfide) groups is 1. The lowest BCUT2D eigenvalue weighted by atomic mass is 10.2. The minimum Gasteiger partial charge on any atom is -0.489 e. The van der Waals surface area contributed by atoms with Crippen molar-refractivity contribution in [1.29, 1.82) is 0 Å². The molecule has 1 unspecified atom stereocenters. The molecule has 3 nitrogen and oxygen atoms in total. The van der Waals surface area contributed by atoms with Crippen LogP contribution in [0.3, 0.4) is 0 Å². The number of rotatable bonds is 7. The van der Waals surface area contributed by atoms with E-state index in [2.05, 4.69) is 5.32 Å². The molecule has 0 aliphatic rings. The number of hydrogen-bond donors (Lipinski definition) is 1. The summed E-state index contributed by atoms with van der Waals surface area (Å²) in [5, 5.41) is 2.67. The molecule has 3 aromatic rings. The lowest BCUT2D eigenvalue weighted by Gasteiger charge is -2.13. The van der Waals surface area contributed by atoms with Gasteiger partial charge in [0.15, 0.2) is 17.5 Å². The topological polar surface area (TPSA) is 38.3 Å². The summed E-state index contributed by atoms with van der Waals surface area (Å²) >= 11 is 13.5. The van der Waals surface area contributed by atoms with Crippen LogP contribution in [0.2, 0.25) is 10.0 Å². The lowest BCUT2D eigenvalue weighted by Crippen LogP contribution is -2.23. The third kappa shape index (κ3) is 5.87. The molecule has 0 bridgehead atoms. The third-order valence-electron chi connectivity index (χ3n) is 4.24. The van der Waals surface area contributed by atoms with Gasteiger partial charge in [0, 0.05) is 20.5 Å². The van der Waals surface area contributed by atoms with Gasteiger partial charge in [0.2, 0.25) is 5.91 Å². The van der Waals surface area contributed by atoms with Crippen LogP contribution in [0.4, 0.5) is 18.9 Å². The quantitative estimate of drug-likeness (QED) is 0.286. The van der Waals surface area contributed by atoms with Crippen molar-refractivity contribution < 1.29 is 22.7 Å². The number of nitrogens with one attached hydrogen (secondary N) is 1. The van der Waals surface area contributed by atoms with Crippen LogP contribution >= 0.6 is 35.0 Å². The van der Waals surface area contributed by atoms with E-state index in [1.54, 1.807) is 49.4 Å². The maximum atomic E-state index is 13.7. The van der Waals surface area contributed by atoms with Crippen LogP contribution in [-0.4, -0.2) is 11.2 Å². The Labute approximate surface area is 191 Å². The predicted octanol–water partition coefficient (Wildman–Crippen LogP) is 7.11. The second kappa shape index (κ2) is 10.3. The van der Waals surface area contributed by atoms with E-state index in [-0.39, 0.29) is 6.61 Å². The summed E-state index contributed by atoms with van der Waals surface area (Å²) in [4.78, 5) is 13.1. The summed E-state index contributed by atoms with van der Waals surface area (Å²) in [6.45, 7) is 1.81. The first kappa shape index (κ1) is 23.3. The second-order valence-electron chi connectivity index (χ2n) is 6.43. The molecule has 1 N–H and O–H groups in total. The van der Waals surface area contributed by atoms with Gasteiger partial charge in [-0.3, -0.25) is 4.79 Å². The normalized spacial score (nSPS) is 11.8. The van der Waals surface area contributed by atoms with E-state index in [1.807, 2.05) is 0 Å². The molecule has 0 saturated carbocycles. The van der Waals surface area contributed by atoms with Crippen molar-refractivity contribution in [2.24, 2.45) is 0 Å². The molecule has 0 aliphatic carbocycles. The largest absolute Gasteiger partial charge is 0.489 e. The van der Waals surface area contributed by atoms with E-state index in [9.17, 15) is 18.0 Å². The van der Waals surface area contributed by atoms with Gasteiger partial charge in [0.05, 0.1) is 10.9 Å². The summed E-state index contributed by atoms with van der Waals surface area (Å²) < 4.78 is 45.8. The van der Waals surface area contributed by atoms with Gasteiger partial charge >= 0.3 is 0 Å². The highest BCUT2D eigenvalue weighted by Gasteiger charge is 2.19. The highest BCUT2D eigenvalue weighted by atomic mass is 35.5. The smallest absolute Gasteiger partial charge is 0.237 e. The Bertz CT molecular complexity index is 1080. The summed E-state index contributed by atoms with van der Waals surface area (Å²) in [7, 11) is 0. The number of carbonyl (C=O) groups is 1. The Morgan fingerprint density at radius 1 is 1.00 bits per heavy atom. The highest BCUT2D eigenvalue weighted by Crippen LogP contribution is 2.29. The van der Waals surface area contributed by atoms with Crippen LogP contribution in [0.5, 0.6) is 5.75 Å². The number of amides is 1. The van der Waals surface area contributed by atoms with E-state index < -0.39 is 34.3 Å². The molecule has 9 heteroatoms. The fourth-order valence-corrected chi connectivity index (χ4v) is 3.93. The second-order valence-corrected chi connectivity index (χ2v) is 8.66. The molecule has 31 heavy (non-hydrogen) atoms. The van der Waals surface area contributed by atoms with Crippen molar-refractivity contribution in [3.8, 4) is 5.75 Å². The molecule has 1 atom stereocenters. The zero-order chi connectivity index (χ0) is 22.5. The van der Waals surface area contributed by atoms with Gasteiger partial charge < -0.3 is 10.1 Å². The first-order chi connectivity index (χ1) is 14.8. The van der Waals surface area contributed by atoms with Crippen molar-refractivity contribution in [2.45, 2.75) is 23.7 Å². The molecule has 0 heterocycles. The van der Waals surface area contributed by atoms with Crippen molar-refractivity contribution in [1.82, 2.24) is 0 Å². The Morgan fingerprint density at radius 2 is 1.65 bits per heavy atom. The van der Waals surface area contributed by atoms with Gasteiger partial charge in [0.25, 0.3) is 0 Å². The van der Waals surface area contributed by atoms with Gasteiger partial charge in [-0.2, -0.15) is 0 Å². The van der Waals surface area contributed by atoms with Crippen molar-refractivity contribution in [3.63, 3.8) is 0 Å². The number of benzene rings is 3. The molecule has 0 fully saturated rings. The molecule has 3 aromatic carbocycles. The van der Waals surface area contributed by atoms with E-state index in [4.69, 9.17) is 27.9 Å². The fourth-order valence-electron chi connectivity index (χ4n) is 2.55. The van der Waals surface area contributed by atoms with E-state index in [0.717, 1.165) is 17.0 Å². The van der Waals surface area contributed by atoms with Gasteiger partial charge in [-0.25, -0.2) is 13.2 Å². The summed E-state index contributed by atoms with van der Waals surface area (Å²) in [6, 6.07) is 13.9. The SMILES string of the molecule is CC(Sc1ccc(OCc2c(Cl)cccc2Cl)cc1)C(=O)Nc1ccc(F)c(F)c1F. The first-order valence-corrected chi connectivity index (χ1v) is 10.7. The molecule has 0 aliphatic heterocycles. The zero-order valence-corrected chi connectivity index (χ0v) is 18.4. The van der Waals surface area contributed by atoms with Crippen LogP contribution < -0.4 is 10.1 Å². The Hall–Kier alpha value is -2.35. The zero-order valence-electron chi connectivity index (χ0n) is 16.1. The Balaban J connectivity index is 1.58. The standard InChI is InChI=1S/C22H16Cl2F3NO2S/c1-12(22(29)28-19-10-9-18(25)20(26)21(19)27)31-14-7-5-13(6-8-14)30-11-15-16(23)3-2-4-17(15)24/h2-10,12H,11H2,1H3,(H,28,29). The van der Waals surface area contributed by atoms with Gasteiger partial charge in [0.1, 0.15) is 12.4 Å². The van der Waals surface area contributed by atoms with Crippen molar-refractivity contribution in [3.05, 3.63) is 87.7 Å². The lowest BCUT2D eigenvalue weighted by molar-refractivity contribution is -0.115. The number of ether oxygens (including phenoxy) is 1. The number of halogens is 5. The molecular formula is C22H16Cl2F3NO2S. The molecule has 0 saturated heterocycles. The summed E-state index contributed by atoms with van der Waals surface area (Å²) in [5.41, 5.74) is 0.261. The van der Waals surface area contributed by atoms with Crippen LogP contribution in [0.15, 0.2) is 59.5 Å². The predicted molar refractivity (Wildman–Crippen MR) is 118 cm³/mol. The fraction of sp³-hybridized carbons (Fsp3) is 0.136. The van der Waals surface area contributed by atoms with Crippen molar-refractivity contribution >= 4 is 46.6 Å². The molecule has 0 spiro atoms. The number of hydrogen-bond acceptors (Lipinski definition) is 3. The molecule has 0 aromatic heterocycles. The van der Waals surface area contributed by atoms with E-state index in [1.165, 1.54) is 11.8 Å². The van der Waals surface area contributed by atoms with Crippen molar-refractivity contribution in [2.75, 3.05) is 5.32 Å². The minimum absolute atomic E-state index is 0.198. The number of carbonyl (C=O) groups excluding carboxylic acids is 1. The van der Waals surface area contributed by atoms with Crippen LogP contribution in [0, 0.1) is 17.5 Å². The molecule has 1 amide bonds. The number of anilines is 1. The molecule has 162 valence electrons. The summed E-state index contributed by atoms with van der Waals surface area (Å²) in [6.07, 6.45) is 0. The monoisotopic (exact) mass is 485 g/mol. The van der Waals surface area contributed by atoms with E-state index >= 15 is 0 Å². The minimum atomic E-state index is -1.63. The highest BCUT2D eigenvalue weighted by molar-refractivity contribution is 8.00. The van der Waals surface area contributed by atoms with Crippen LogP contribution in [0.25, 0.3) is 0 Å². The Morgan fingerprint density at radius 3 is 2.29 bits per heavy atom. The third-order valence-corrected chi connectivity index (χ3v) is 6.06. The summed E-state index contributed by atoms with van der Waals surface area (Å²) in [5.74, 6) is -4.36. The maximum Gasteiger partial charge on any atom is 0.237 e. The van der Waals surface area contributed by atoms with Gasteiger partial charge in [-0.15, -0.1) is 11.8 Å². The maximum absolute atomic E-state index is 13.7. The van der Waals surface area contributed by atoms with E-state index in [0.29, 0.717) is 21.4 Å². The average molecular weight is 486 g/mol.